The van der Waals surface area contributed by atoms with Gasteiger partial charge in [0.1, 0.15) is 0 Å². The minimum Gasteiger partial charge on any atom is -0.316 e. The van der Waals surface area contributed by atoms with E-state index in [9.17, 15) is 0 Å². The van der Waals surface area contributed by atoms with Gasteiger partial charge in [0.25, 0.3) is 0 Å². The zero-order chi connectivity index (χ0) is 13.1. The molecule has 3 nitrogen and oxygen atoms in total. The fraction of sp³-hybridized carbons (Fsp3) is 0.769. The maximum absolute atomic E-state index is 6.16. The molecule has 0 fully saturated rings. The summed E-state index contributed by atoms with van der Waals surface area (Å²) in [5.41, 5.74) is 1.41. The van der Waals surface area contributed by atoms with E-state index in [4.69, 9.17) is 11.6 Å². The van der Waals surface area contributed by atoms with Crippen LogP contribution in [0.4, 0.5) is 0 Å². The highest BCUT2D eigenvalue weighted by atomic mass is 35.5. The summed E-state index contributed by atoms with van der Waals surface area (Å²) in [7, 11) is 2.02. The van der Waals surface area contributed by atoms with Crippen molar-refractivity contribution in [1.29, 1.82) is 0 Å². The summed E-state index contributed by atoms with van der Waals surface area (Å²) < 4.78 is 1.98. The monoisotopic (exact) mass is 257 g/mol. The van der Waals surface area contributed by atoms with Crippen LogP contribution in [0.2, 0.25) is 5.02 Å². The molecule has 0 amide bonds. The summed E-state index contributed by atoms with van der Waals surface area (Å²) in [4.78, 5) is 0. The van der Waals surface area contributed by atoms with Crippen LogP contribution in [0, 0.1) is 5.41 Å². The van der Waals surface area contributed by atoms with Gasteiger partial charge in [-0.2, -0.15) is 5.10 Å². The summed E-state index contributed by atoms with van der Waals surface area (Å²) in [6.45, 7) is 9.74. The lowest BCUT2D eigenvalue weighted by atomic mass is 9.84. The van der Waals surface area contributed by atoms with E-state index in [2.05, 4.69) is 38.1 Å². The molecule has 0 aliphatic heterocycles. The second kappa shape index (κ2) is 5.87. The average Bonchev–Trinajstić information content (AvgIpc) is 2.59. The van der Waals surface area contributed by atoms with Gasteiger partial charge in [0, 0.05) is 12.6 Å². The van der Waals surface area contributed by atoms with Crippen molar-refractivity contribution < 1.29 is 0 Å². The first kappa shape index (κ1) is 14.5. The molecule has 4 heteroatoms. The van der Waals surface area contributed by atoms with Crippen molar-refractivity contribution >= 4 is 11.6 Å². The molecule has 0 radical (unpaired) electrons. The van der Waals surface area contributed by atoms with Gasteiger partial charge in [-0.05, 0) is 32.2 Å². The third-order valence-electron chi connectivity index (χ3n) is 3.26. The smallest absolute Gasteiger partial charge is 0.0817 e. The average molecular weight is 258 g/mol. The number of hydrogen-bond donors (Lipinski definition) is 1. The lowest BCUT2D eigenvalue weighted by Gasteiger charge is -2.30. The Hall–Kier alpha value is -0.540. The minimum absolute atomic E-state index is 0.262. The maximum atomic E-state index is 6.16. The minimum atomic E-state index is 0.262. The van der Waals surface area contributed by atoms with Gasteiger partial charge in [0.2, 0.25) is 0 Å². The Morgan fingerprint density at radius 2 is 2.12 bits per heavy atom. The third-order valence-corrected chi connectivity index (χ3v) is 3.58. The normalized spacial score (nSPS) is 14.0. The first-order chi connectivity index (χ1) is 7.90. The van der Waals surface area contributed by atoms with Gasteiger partial charge < -0.3 is 5.32 Å². The molecule has 1 aromatic heterocycles. The van der Waals surface area contributed by atoms with Crippen molar-refractivity contribution in [2.45, 2.75) is 53.1 Å². The number of nitrogens with zero attached hydrogens (tertiary/aromatic N) is 2. The van der Waals surface area contributed by atoms with Gasteiger partial charge >= 0.3 is 0 Å². The second-order valence-corrected chi connectivity index (χ2v) is 5.91. The Morgan fingerprint density at radius 3 is 2.59 bits per heavy atom. The fourth-order valence-corrected chi connectivity index (χ4v) is 2.44. The van der Waals surface area contributed by atoms with Crippen LogP contribution in [0.3, 0.4) is 0 Å². The standard InChI is InChI=1S/C13H24ClN3/c1-6-17-11(10(14)9-16-17)7-8-12(15-5)13(2,3)4/h9,12,15H,6-8H2,1-5H3. The van der Waals surface area contributed by atoms with Gasteiger partial charge in [-0.25, -0.2) is 0 Å². The molecule has 0 bridgehead atoms. The molecule has 1 rings (SSSR count). The molecule has 0 spiro atoms. The first-order valence-corrected chi connectivity index (χ1v) is 6.65. The van der Waals surface area contributed by atoms with Crippen LogP contribution in [0.5, 0.6) is 0 Å². The molecule has 1 unspecified atom stereocenters. The first-order valence-electron chi connectivity index (χ1n) is 6.27. The Kier molecular flexibility index (Phi) is 5.02. The van der Waals surface area contributed by atoms with Crippen LogP contribution in [-0.4, -0.2) is 22.9 Å². The topological polar surface area (TPSA) is 29.9 Å². The zero-order valence-electron chi connectivity index (χ0n) is 11.5. The van der Waals surface area contributed by atoms with E-state index < -0.39 is 0 Å². The maximum Gasteiger partial charge on any atom is 0.0817 e. The molecule has 0 saturated heterocycles. The molecular weight excluding hydrogens is 234 g/mol. The zero-order valence-corrected chi connectivity index (χ0v) is 12.3. The summed E-state index contributed by atoms with van der Waals surface area (Å²) in [6.07, 6.45) is 3.78. The summed E-state index contributed by atoms with van der Waals surface area (Å²) >= 11 is 6.16. The van der Waals surface area contributed by atoms with Crippen LogP contribution in [-0.2, 0) is 13.0 Å². The van der Waals surface area contributed by atoms with E-state index in [0.717, 1.165) is 30.1 Å². The van der Waals surface area contributed by atoms with Gasteiger partial charge in [0.05, 0.1) is 16.9 Å². The molecule has 17 heavy (non-hydrogen) atoms. The van der Waals surface area contributed by atoms with Crippen LogP contribution in [0.25, 0.3) is 0 Å². The van der Waals surface area contributed by atoms with Crippen molar-refractivity contribution in [3.8, 4) is 0 Å². The molecular formula is C13H24ClN3. The van der Waals surface area contributed by atoms with Crippen molar-refractivity contribution in [1.82, 2.24) is 15.1 Å². The van der Waals surface area contributed by atoms with E-state index in [-0.39, 0.29) is 5.41 Å². The summed E-state index contributed by atoms with van der Waals surface area (Å²) in [5.74, 6) is 0. The number of aryl methyl sites for hydroxylation is 1. The van der Waals surface area contributed by atoms with Gasteiger partial charge in [-0.1, -0.05) is 32.4 Å². The van der Waals surface area contributed by atoms with E-state index in [0.29, 0.717) is 6.04 Å². The van der Waals surface area contributed by atoms with Crippen molar-refractivity contribution in [2.75, 3.05) is 7.05 Å². The fourth-order valence-electron chi connectivity index (χ4n) is 2.20. The van der Waals surface area contributed by atoms with Crippen LogP contribution < -0.4 is 5.32 Å². The van der Waals surface area contributed by atoms with Gasteiger partial charge in [-0.3, -0.25) is 4.68 Å². The molecule has 0 aliphatic carbocycles. The lowest BCUT2D eigenvalue weighted by molar-refractivity contribution is 0.266. The number of rotatable bonds is 5. The predicted molar refractivity (Wildman–Crippen MR) is 73.5 cm³/mol. The number of aromatic nitrogens is 2. The molecule has 1 aromatic rings. The van der Waals surface area contributed by atoms with E-state index in [1.54, 1.807) is 6.20 Å². The van der Waals surface area contributed by atoms with Gasteiger partial charge in [-0.15, -0.1) is 0 Å². The van der Waals surface area contributed by atoms with Crippen molar-refractivity contribution in [3.63, 3.8) is 0 Å². The Labute approximate surface area is 110 Å². The molecule has 1 N–H and O–H groups in total. The lowest BCUT2D eigenvalue weighted by Crippen LogP contribution is -2.38. The second-order valence-electron chi connectivity index (χ2n) is 5.50. The molecule has 0 aliphatic rings. The van der Waals surface area contributed by atoms with Crippen LogP contribution in [0.15, 0.2) is 6.20 Å². The van der Waals surface area contributed by atoms with Gasteiger partial charge in [0.15, 0.2) is 0 Å². The summed E-state index contributed by atoms with van der Waals surface area (Å²) in [5, 5.41) is 8.44. The highest BCUT2D eigenvalue weighted by Gasteiger charge is 2.23. The quantitative estimate of drug-likeness (QED) is 0.878. The largest absolute Gasteiger partial charge is 0.316 e. The van der Waals surface area contributed by atoms with Crippen molar-refractivity contribution in [3.05, 3.63) is 16.9 Å². The summed E-state index contributed by atoms with van der Waals surface area (Å²) in [6, 6.07) is 0.485. The Morgan fingerprint density at radius 1 is 1.47 bits per heavy atom. The molecule has 1 heterocycles. The number of hydrogen-bond acceptors (Lipinski definition) is 2. The molecule has 0 saturated carbocycles. The van der Waals surface area contributed by atoms with Crippen molar-refractivity contribution in [2.24, 2.45) is 5.41 Å². The highest BCUT2D eigenvalue weighted by Crippen LogP contribution is 2.24. The Balaban J connectivity index is 2.69. The predicted octanol–water partition coefficient (Wildman–Crippen LogP) is 3.12. The van der Waals surface area contributed by atoms with E-state index in [1.165, 1.54) is 0 Å². The molecule has 1 atom stereocenters. The third kappa shape index (κ3) is 3.71. The Bertz CT molecular complexity index is 352. The van der Waals surface area contributed by atoms with Crippen LogP contribution >= 0.6 is 11.6 Å². The van der Waals surface area contributed by atoms with Crippen LogP contribution in [0.1, 0.15) is 39.8 Å². The highest BCUT2D eigenvalue weighted by molar-refractivity contribution is 6.31. The van der Waals surface area contributed by atoms with E-state index >= 15 is 0 Å². The van der Waals surface area contributed by atoms with E-state index in [1.807, 2.05) is 11.7 Å². The molecule has 98 valence electrons. The SMILES string of the molecule is CCn1ncc(Cl)c1CCC(NC)C(C)(C)C. The number of nitrogens with one attached hydrogen (secondary N) is 1. The number of halogens is 1. The molecule has 0 aromatic carbocycles.